The molecule has 1 heterocycles. The first kappa shape index (κ1) is 34.3. The van der Waals surface area contributed by atoms with Crippen LogP contribution in [0.15, 0.2) is 0 Å². The van der Waals surface area contributed by atoms with Crippen molar-refractivity contribution in [3.8, 4) is 0 Å². The Labute approximate surface area is 285 Å². The van der Waals surface area contributed by atoms with Crippen molar-refractivity contribution in [1.82, 2.24) is 0 Å². The second-order valence-electron chi connectivity index (χ2n) is 19.2. The van der Waals surface area contributed by atoms with Crippen molar-refractivity contribution >= 4 is 23.9 Å². The van der Waals surface area contributed by atoms with Gasteiger partial charge in [0.2, 0.25) is 6.10 Å². The highest BCUT2D eigenvalue weighted by atomic mass is 16.6. The molecule has 9 aliphatic rings. The lowest BCUT2D eigenvalue weighted by atomic mass is 9.50. The Morgan fingerprint density at radius 3 is 1.90 bits per heavy atom. The van der Waals surface area contributed by atoms with Gasteiger partial charge in [-0.1, -0.05) is 6.92 Å². The lowest BCUT2D eigenvalue weighted by Gasteiger charge is -2.59. The number of ether oxygens (including phenoxy) is 4. The predicted octanol–water partition coefficient (Wildman–Crippen LogP) is 6.46. The Hall–Kier alpha value is -2.16. The average molecular weight is 671 g/mol. The van der Waals surface area contributed by atoms with Crippen LogP contribution in [-0.4, -0.2) is 58.5 Å². The highest BCUT2D eigenvalue weighted by Crippen LogP contribution is 2.61. The Kier molecular flexibility index (Phi) is 8.17. The monoisotopic (exact) mass is 670 g/mol. The summed E-state index contributed by atoms with van der Waals surface area (Å²) in [7, 11) is 0. The van der Waals surface area contributed by atoms with E-state index in [1.54, 1.807) is 20.8 Å². The molecule has 1 N–H and O–H groups in total. The predicted molar refractivity (Wildman–Crippen MR) is 175 cm³/mol. The van der Waals surface area contributed by atoms with Crippen LogP contribution in [-0.2, 0) is 38.1 Å². The molecule has 1 saturated heterocycles. The van der Waals surface area contributed by atoms with Gasteiger partial charge in [-0.05, 0) is 154 Å². The van der Waals surface area contributed by atoms with Crippen LogP contribution < -0.4 is 0 Å². The summed E-state index contributed by atoms with van der Waals surface area (Å²) in [6.45, 7) is 11.5. The van der Waals surface area contributed by atoms with Crippen LogP contribution >= 0.6 is 0 Å². The van der Waals surface area contributed by atoms with Gasteiger partial charge in [0.05, 0.1) is 28.5 Å². The van der Waals surface area contributed by atoms with Crippen molar-refractivity contribution in [2.24, 2.45) is 51.8 Å². The molecule has 9 heteroatoms. The molecular formula is C39H58O9. The van der Waals surface area contributed by atoms with Gasteiger partial charge in [-0.3, -0.25) is 14.4 Å². The van der Waals surface area contributed by atoms with Crippen molar-refractivity contribution in [2.75, 3.05) is 6.61 Å². The van der Waals surface area contributed by atoms with Crippen LogP contribution in [0.25, 0.3) is 0 Å². The fourth-order valence-electron chi connectivity index (χ4n) is 12.5. The summed E-state index contributed by atoms with van der Waals surface area (Å²) < 4.78 is 23.9. The summed E-state index contributed by atoms with van der Waals surface area (Å²) in [6.07, 6.45) is 10.2. The highest BCUT2D eigenvalue weighted by Gasteiger charge is 2.61. The highest BCUT2D eigenvalue weighted by molar-refractivity contribution is 5.85. The second-order valence-corrected chi connectivity index (χ2v) is 19.2. The third kappa shape index (κ3) is 5.89. The van der Waals surface area contributed by atoms with E-state index >= 15 is 0 Å². The molecule has 8 aliphatic carbocycles. The molecule has 0 aromatic heterocycles. The molecule has 5 atom stereocenters. The summed E-state index contributed by atoms with van der Waals surface area (Å²) in [6, 6.07) is 0. The van der Waals surface area contributed by atoms with Gasteiger partial charge in [-0.15, -0.1) is 0 Å². The van der Waals surface area contributed by atoms with Crippen molar-refractivity contribution < 1.29 is 43.2 Å². The average Bonchev–Trinajstić information content (AvgIpc) is 3.37. The number of hydrogen-bond acceptors (Lipinski definition) is 9. The topological polar surface area (TPSA) is 125 Å². The maximum absolute atomic E-state index is 14.4. The molecule has 5 unspecified atom stereocenters. The lowest BCUT2D eigenvalue weighted by Crippen LogP contribution is -2.61. The molecule has 0 amide bonds. The van der Waals surface area contributed by atoms with Crippen LogP contribution in [0.2, 0.25) is 0 Å². The normalized spacial score (nSPS) is 43.3. The minimum Gasteiger partial charge on any atom is -0.463 e. The van der Waals surface area contributed by atoms with E-state index in [1.165, 1.54) is 6.42 Å². The van der Waals surface area contributed by atoms with Gasteiger partial charge in [-0.25, -0.2) is 4.79 Å². The number of esters is 4. The number of rotatable bonds is 11. The number of cyclic esters (lactones) is 1. The largest absolute Gasteiger partial charge is 0.463 e. The third-order valence-corrected chi connectivity index (χ3v) is 14.4. The molecule has 0 spiro atoms. The zero-order valence-electron chi connectivity index (χ0n) is 30.1. The van der Waals surface area contributed by atoms with Gasteiger partial charge in [0, 0.05) is 12.8 Å². The van der Waals surface area contributed by atoms with Gasteiger partial charge >= 0.3 is 23.9 Å². The van der Waals surface area contributed by atoms with Gasteiger partial charge in [0.15, 0.2) is 0 Å². The fourth-order valence-corrected chi connectivity index (χ4v) is 12.5. The van der Waals surface area contributed by atoms with Gasteiger partial charge in [0.25, 0.3) is 0 Å². The molecule has 9 nitrogen and oxygen atoms in total. The maximum Gasteiger partial charge on any atom is 0.347 e. The van der Waals surface area contributed by atoms with Crippen molar-refractivity contribution in [1.29, 1.82) is 0 Å². The number of aliphatic hydroxyl groups is 1. The first-order valence-corrected chi connectivity index (χ1v) is 18.9. The van der Waals surface area contributed by atoms with Gasteiger partial charge < -0.3 is 24.1 Å². The van der Waals surface area contributed by atoms with E-state index in [2.05, 4.69) is 6.92 Å². The van der Waals surface area contributed by atoms with Crippen molar-refractivity contribution in [2.45, 2.75) is 161 Å². The number of hydrogen-bond donors (Lipinski definition) is 1. The Bertz CT molecular complexity index is 1310. The van der Waals surface area contributed by atoms with Crippen LogP contribution in [0.4, 0.5) is 0 Å². The third-order valence-electron chi connectivity index (χ3n) is 14.4. The minimum atomic E-state index is -1.32. The van der Waals surface area contributed by atoms with Crippen molar-refractivity contribution in [3.63, 3.8) is 0 Å². The standard InChI is InChI=1S/C39H58O9/c1-7-35(4,33(43)47-37(6)27-12-23-10-24(14-27)15-28(37)13-23)21-36(5,32(42)46-29-8-9-45-30(29)40)20-34(2,3)31(41)48-39-18-25-11-26(19-39)17-38(44,16-25)22-39/h23-29,44H,7-22H2,1-6H3. The zero-order chi connectivity index (χ0) is 34.5. The molecule has 1 aliphatic heterocycles. The Morgan fingerprint density at radius 2 is 1.38 bits per heavy atom. The SMILES string of the molecule is CCC(C)(CC(C)(CC(C)(C)C(=O)OC12CC3CC(CC(O)(C3)C1)C2)C(=O)OC1CCOC1=O)C(=O)OC1(C)C2CC3CC(C2)CC1C3. The molecule has 9 fully saturated rings. The molecule has 0 radical (unpaired) electrons. The summed E-state index contributed by atoms with van der Waals surface area (Å²) >= 11 is 0. The molecule has 268 valence electrons. The van der Waals surface area contributed by atoms with Crippen LogP contribution in [0.3, 0.4) is 0 Å². The Balaban J connectivity index is 1.12. The molecule has 9 rings (SSSR count). The first-order chi connectivity index (χ1) is 22.4. The maximum atomic E-state index is 14.4. The van der Waals surface area contributed by atoms with Crippen molar-refractivity contribution in [3.05, 3.63) is 0 Å². The molecule has 0 aromatic rings. The van der Waals surface area contributed by atoms with Crippen LogP contribution in [0.5, 0.6) is 0 Å². The lowest BCUT2D eigenvalue weighted by molar-refractivity contribution is -0.226. The quantitative estimate of drug-likeness (QED) is 0.195. The van der Waals surface area contributed by atoms with Gasteiger partial charge in [-0.2, -0.15) is 0 Å². The summed E-state index contributed by atoms with van der Waals surface area (Å²) in [5, 5.41) is 11.3. The summed E-state index contributed by atoms with van der Waals surface area (Å²) in [5.41, 5.74) is -5.46. The van der Waals surface area contributed by atoms with E-state index in [1.807, 2.05) is 13.8 Å². The molecule has 8 bridgehead atoms. The van der Waals surface area contributed by atoms with E-state index in [0.29, 0.717) is 36.5 Å². The number of carbonyl (C=O) groups excluding carboxylic acids is 4. The zero-order valence-corrected chi connectivity index (χ0v) is 30.1. The number of carbonyl (C=O) groups is 4. The molecule has 48 heavy (non-hydrogen) atoms. The van der Waals surface area contributed by atoms with E-state index in [-0.39, 0.29) is 31.8 Å². The van der Waals surface area contributed by atoms with E-state index in [4.69, 9.17) is 18.9 Å². The van der Waals surface area contributed by atoms with E-state index < -0.39 is 57.1 Å². The molecule has 8 saturated carbocycles. The summed E-state index contributed by atoms with van der Waals surface area (Å²) in [4.78, 5) is 55.1. The molecule has 0 aromatic carbocycles. The van der Waals surface area contributed by atoms with Gasteiger partial charge in [0.1, 0.15) is 11.2 Å². The summed E-state index contributed by atoms with van der Waals surface area (Å²) in [5.74, 6) is 0.995. The van der Waals surface area contributed by atoms with Crippen LogP contribution in [0, 0.1) is 51.8 Å². The fraction of sp³-hybridized carbons (Fsp3) is 0.897. The van der Waals surface area contributed by atoms with E-state index in [9.17, 15) is 24.3 Å². The Morgan fingerprint density at radius 1 is 0.792 bits per heavy atom. The first-order valence-electron chi connectivity index (χ1n) is 18.9. The van der Waals surface area contributed by atoms with Crippen LogP contribution in [0.1, 0.15) is 138 Å². The second kappa shape index (κ2) is 11.4. The minimum absolute atomic E-state index is 0.0569. The smallest absolute Gasteiger partial charge is 0.347 e. The van der Waals surface area contributed by atoms with E-state index in [0.717, 1.165) is 69.6 Å². The molecular weight excluding hydrogens is 612 g/mol.